The number of halogens is 3. The molecule has 7 nitrogen and oxygen atoms in total. The normalized spacial score (nSPS) is 10.9. The smallest absolute Gasteiger partial charge is 0.227 e. The molecule has 0 saturated carbocycles. The van der Waals surface area contributed by atoms with Crippen LogP contribution in [0.4, 0.5) is 8.78 Å². The number of nitrogens with two attached hydrogens (primary N) is 1. The Morgan fingerprint density at radius 2 is 2.04 bits per heavy atom. The highest BCUT2D eigenvalue weighted by Gasteiger charge is 2.20. The van der Waals surface area contributed by atoms with E-state index in [1.54, 1.807) is 0 Å². The number of aryl methyl sites for hydroxylation is 1. The number of rotatable bonds is 4. The number of hydrogen-bond donors (Lipinski definition) is 1. The first-order valence-electron chi connectivity index (χ1n) is 6.88. The van der Waals surface area contributed by atoms with Crippen LogP contribution in [0.5, 0.6) is 0 Å². The lowest BCUT2D eigenvalue weighted by Crippen LogP contribution is -2.13. The summed E-state index contributed by atoms with van der Waals surface area (Å²) in [4.78, 5) is 15.9. The number of pyridine rings is 1. The molecule has 1 aromatic carbocycles. The van der Waals surface area contributed by atoms with Crippen molar-refractivity contribution in [3.8, 4) is 22.5 Å². The zero-order chi connectivity index (χ0) is 18.1. The summed E-state index contributed by atoms with van der Waals surface area (Å²) in [6.07, 6.45) is 2.12. The number of nitrogens with zero attached hydrogens (tertiary/aromatic N) is 5. The number of hydrogen-bond acceptors (Lipinski definition) is 5. The summed E-state index contributed by atoms with van der Waals surface area (Å²) in [6.45, 7) is 0. The van der Waals surface area contributed by atoms with Gasteiger partial charge < -0.3 is 5.73 Å². The standard InChI is InChI=1S/C15H10ClF2N6O/c1-24-22-15(21-23-24)14-9(3-8(16)4-11(14)18)7-2-10(17)12(20-6-7)5-13(19)25/h2-6H,1H3,(H2,19,25). The molecule has 3 rings (SSSR count). The van der Waals surface area contributed by atoms with E-state index in [0.717, 1.165) is 23.4 Å². The van der Waals surface area contributed by atoms with Crippen LogP contribution in [0, 0.1) is 18.1 Å². The van der Waals surface area contributed by atoms with Gasteiger partial charge in [-0.15, -0.1) is 10.2 Å². The van der Waals surface area contributed by atoms with Crippen molar-refractivity contribution in [2.24, 2.45) is 12.8 Å². The van der Waals surface area contributed by atoms with Gasteiger partial charge in [-0.3, -0.25) is 9.78 Å². The van der Waals surface area contributed by atoms with E-state index in [1.807, 2.05) is 0 Å². The first-order valence-corrected chi connectivity index (χ1v) is 7.26. The van der Waals surface area contributed by atoms with E-state index in [1.165, 1.54) is 19.3 Å². The zero-order valence-electron chi connectivity index (χ0n) is 12.7. The summed E-state index contributed by atoms with van der Waals surface area (Å²) in [5, 5.41) is 11.5. The topological polar surface area (TPSA) is 99.6 Å². The average Bonchev–Trinajstić information content (AvgIpc) is 2.94. The van der Waals surface area contributed by atoms with E-state index in [4.69, 9.17) is 17.3 Å². The lowest BCUT2D eigenvalue weighted by Gasteiger charge is -2.10. The fourth-order valence-corrected chi connectivity index (χ4v) is 2.45. The molecular weight excluding hydrogens is 354 g/mol. The molecule has 0 fully saturated rings. The van der Waals surface area contributed by atoms with Crippen molar-refractivity contribution in [1.82, 2.24) is 25.2 Å². The Kier molecular flexibility index (Phi) is 4.41. The Bertz CT molecular complexity index is 975. The molecule has 1 amide bonds. The quantitative estimate of drug-likeness (QED) is 0.763. The van der Waals surface area contributed by atoms with Gasteiger partial charge in [0, 0.05) is 16.8 Å². The van der Waals surface area contributed by atoms with Crippen LogP contribution in [-0.4, -0.2) is 31.1 Å². The predicted octanol–water partition coefficient (Wildman–Crippen LogP) is 1.91. The predicted molar refractivity (Wildman–Crippen MR) is 85.0 cm³/mol. The first-order chi connectivity index (χ1) is 11.8. The summed E-state index contributed by atoms with van der Waals surface area (Å²) >= 11 is 5.92. The second-order valence-electron chi connectivity index (χ2n) is 5.05. The molecule has 0 spiro atoms. The van der Waals surface area contributed by atoms with E-state index in [0.29, 0.717) is 0 Å². The third-order valence-electron chi connectivity index (χ3n) is 3.25. The fraction of sp³-hybridized carbons (Fsp3) is 0.0667. The van der Waals surface area contributed by atoms with Gasteiger partial charge in [0.15, 0.2) is 0 Å². The molecule has 127 valence electrons. The molecule has 0 bridgehead atoms. The molecule has 0 aliphatic carbocycles. The van der Waals surface area contributed by atoms with Crippen molar-refractivity contribution in [2.75, 3.05) is 0 Å². The van der Waals surface area contributed by atoms with Crippen LogP contribution in [0.2, 0.25) is 5.02 Å². The van der Waals surface area contributed by atoms with Crippen LogP contribution in [-0.2, 0) is 11.8 Å². The molecule has 1 radical (unpaired) electrons. The average molecular weight is 364 g/mol. The maximum Gasteiger partial charge on any atom is 0.227 e. The number of carbonyl (C=O) groups excluding carboxylic acids is 1. The first kappa shape index (κ1) is 16.9. The lowest BCUT2D eigenvalue weighted by atomic mass is 9.99. The number of amides is 1. The molecule has 25 heavy (non-hydrogen) atoms. The second-order valence-corrected chi connectivity index (χ2v) is 5.49. The highest BCUT2D eigenvalue weighted by Crippen LogP contribution is 2.35. The van der Waals surface area contributed by atoms with Gasteiger partial charge in [-0.1, -0.05) is 11.6 Å². The minimum absolute atomic E-state index is 0.00494. The number of benzene rings is 1. The summed E-state index contributed by atoms with van der Waals surface area (Å²) in [6, 6.07) is 3.62. The van der Waals surface area contributed by atoms with Gasteiger partial charge in [-0.2, -0.15) is 4.80 Å². The summed E-state index contributed by atoms with van der Waals surface area (Å²) in [5.74, 6) is -2.31. The molecule has 2 aromatic heterocycles. The Balaban J connectivity index is 2.17. The largest absolute Gasteiger partial charge is 0.369 e. The van der Waals surface area contributed by atoms with Gasteiger partial charge in [0.05, 0.1) is 18.3 Å². The Labute approximate surface area is 145 Å². The molecule has 0 aliphatic heterocycles. The molecule has 0 aliphatic rings. The molecule has 0 atom stereocenters. The van der Waals surface area contributed by atoms with Crippen molar-refractivity contribution in [1.29, 1.82) is 0 Å². The van der Waals surface area contributed by atoms with E-state index in [9.17, 15) is 13.6 Å². The molecule has 2 N–H and O–H groups in total. The zero-order valence-corrected chi connectivity index (χ0v) is 13.5. The SMILES string of the molecule is Cn1nnc(-c2c(F)cc(Cl)cc2-c2cnc([CH]C(N)=O)c(F)c2)n1. The molecule has 0 saturated heterocycles. The minimum Gasteiger partial charge on any atom is -0.369 e. The fourth-order valence-electron chi connectivity index (χ4n) is 2.25. The third kappa shape index (κ3) is 3.45. The number of carbonyl (C=O) groups is 1. The van der Waals surface area contributed by atoms with Crippen LogP contribution < -0.4 is 5.73 Å². The van der Waals surface area contributed by atoms with Crippen molar-refractivity contribution in [3.05, 3.63) is 53.2 Å². The van der Waals surface area contributed by atoms with Crippen LogP contribution in [0.15, 0.2) is 24.4 Å². The van der Waals surface area contributed by atoms with Crippen LogP contribution in [0.25, 0.3) is 22.5 Å². The maximum atomic E-state index is 14.5. The van der Waals surface area contributed by atoms with Crippen molar-refractivity contribution < 1.29 is 13.6 Å². The number of aromatic nitrogens is 5. The second kappa shape index (κ2) is 6.52. The monoisotopic (exact) mass is 363 g/mol. The Hall–Kier alpha value is -2.94. The molecule has 3 aromatic rings. The van der Waals surface area contributed by atoms with Crippen LogP contribution in [0.3, 0.4) is 0 Å². The summed E-state index contributed by atoms with van der Waals surface area (Å²) in [7, 11) is 1.53. The van der Waals surface area contributed by atoms with Crippen LogP contribution >= 0.6 is 11.6 Å². The highest BCUT2D eigenvalue weighted by molar-refractivity contribution is 6.31. The van der Waals surface area contributed by atoms with Gasteiger partial charge >= 0.3 is 0 Å². The Morgan fingerprint density at radius 1 is 1.28 bits per heavy atom. The van der Waals surface area contributed by atoms with Gasteiger partial charge in [0.25, 0.3) is 0 Å². The van der Waals surface area contributed by atoms with E-state index < -0.39 is 17.5 Å². The summed E-state index contributed by atoms with van der Waals surface area (Å²) in [5.41, 5.74) is 5.23. The molecule has 2 heterocycles. The van der Waals surface area contributed by atoms with Crippen LogP contribution in [0.1, 0.15) is 5.69 Å². The minimum atomic E-state index is -0.836. The third-order valence-corrected chi connectivity index (χ3v) is 3.46. The van der Waals surface area contributed by atoms with Crippen molar-refractivity contribution >= 4 is 17.5 Å². The lowest BCUT2D eigenvalue weighted by molar-refractivity contribution is -0.114. The highest BCUT2D eigenvalue weighted by atomic mass is 35.5. The molecule has 0 unspecified atom stereocenters. The van der Waals surface area contributed by atoms with E-state index in [-0.39, 0.29) is 33.2 Å². The van der Waals surface area contributed by atoms with Gasteiger partial charge in [-0.25, -0.2) is 8.78 Å². The van der Waals surface area contributed by atoms with Crippen molar-refractivity contribution in [2.45, 2.75) is 0 Å². The Morgan fingerprint density at radius 3 is 2.64 bits per heavy atom. The van der Waals surface area contributed by atoms with E-state index in [2.05, 4.69) is 20.4 Å². The maximum absolute atomic E-state index is 14.5. The van der Waals surface area contributed by atoms with E-state index >= 15 is 0 Å². The van der Waals surface area contributed by atoms with Gasteiger partial charge in [-0.05, 0) is 29.0 Å². The number of primary amides is 1. The number of tetrazole rings is 1. The molecule has 10 heteroatoms. The molecular formula is C15H10ClF2N6O. The summed E-state index contributed by atoms with van der Waals surface area (Å²) < 4.78 is 28.6. The van der Waals surface area contributed by atoms with Gasteiger partial charge in [0.2, 0.25) is 11.7 Å². The van der Waals surface area contributed by atoms with Gasteiger partial charge in [0.1, 0.15) is 18.1 Å². The van der Waals surface area contributed by atoms with Crippen molar-refractivity contribution in [3.63, 3.8) is 0 Å².